The van der Waals surface area contributed by atoms with Crippen LogP contribution in [0.1, 0.15) is 15.9 Å². The first kappa shape index (κ1) is 12.5. The van der Waals surface area contributed by atoms with Crippen molar-refractivity contribution in [1.82, 2.24) is 0 Å². The van der Waals surface area contributed by atoms with Gasteiger partial charge >= 0.3 is 5.97 Å². The third-order valence-electron chi connectivity index (χ3n) is 3.42. The van der Waals surface area contributed by atoms with Gasteiger partial charge in [0.1, 0.15) is 17.1 Å². The number of benzene rings is 2. The van der Waals surface area contributed by atoms with Gasteiger partial charge in [0.15, 0.2) is 0 Å². The summed E-state index contributed by atoms with van der Waals surface area (Å²) < 4.78 is 10.6. The summed E-state index contributed by atoms with van der Waals surface area (Å²) in [4.78, 5) is 11.4. The van der Waals surface area contributed by atoms with Gasteiger partial charge in [0.2, 0.25) is 0 Å². The second kappa shape index (κ2) is 4.89. The van der Waals surface area contributed by atoms with Gasteiger partial charge in [-0.1, -0.05) is 12.1 Å². The number of hydrogen-bond acceptors (Lipinski definition) is 3. The minimum Gasteiger partial charge on any atom is -0.497 e. The van der Waals surface area contributed by atoms with Gasteiger partial charge in [-0.05, 0) is 41.0 Å². The molecule has 20 heavy (non-hydrogen) atoms. The summed E-state index contributed by atoms with van der Waals surface area (Å²) >= 11 is 0. The van der Waals surface area contributed by atoms with Crippen LogP contribution in [-0.4, -0.2) is 24.8 Å². The Balaban J connectivity index is 2.14. The quantitative estimate of drug-likeness (QED) is 0.931. The lowest BCUT2D eigenvalue weighted by atomic mass is 9.98. The largest absolute Gasteiger partial charge is 0.497 e. The molecule has 0 unspecified atom stereocenters. The van der Waals surface area contributed by atoms with Crippen LogP contribution < -0.4 is 9.47 Å². The van der Waals surface area contributed by atoms with Crippen LogP contribution in [0.2, 0.25) is 0 Å². The van der Waals surface area contributed by atoms with E-state index in [1.807, 2.05) is 30.3 Å². The Labute approximate surface area is 116 Å². The summed E-state index contributed by atoms with van der Waals surface area (Å²) in [5.74, 6) is 0.285. The van der Waals surface area contributed by atoms with E-state index in [9.17, 15) is 9.90 Å². The van der Waals surface area contributed by atoms with E-state index in [0.29, 0.717) is 12.4 Å². The van der Waals surface area contributed by atoms with E-state index in [1.54, 1.807) is 13.2 Å². The molecule has 0 aliphatic carbocycles. The average molecular weight is 270 g/mol. The zero-order chi connectivity index (χ0) is 14.1. The molecule has 2 aromatic carbocycles. The number of ether oxygens (including phenoxy) is 2. The molecular formula is C16H14O4. The molecule has 102 valence electrons. The van der Waals surface area contributed by atoms with Crippen molar-refractivity contribution in [2.45, 2.75) is 6.42 Å². The average Bonchev–Trinajstić information content (AvgIpc) is 2.94. The maximum atomic E-state index is 11.4. The summed E-state index contributed by atoms with van der Waals surface area (Å²) in [6.45, 7) is 0.539. The minimum atomic E-state index is -0.965. The monoisotopic (exact) mass is 270 g/mol. The number of carboxylic acids is 1. The first-order chi connectivity index (χ1) is 9.69. The zero-order valence-corrected chi connectivity index (χ0v) is 11.1. The number of carbonyl (C=O) groups is 1. The molecule has 4 nitrogen and oxygen atoms in total. The standard InChI is InChI=1S/C16H14O4/c1-19-13-4-2-3-10(8-13)12-7-11-5-6-20-15(11)14(9-12)16(17)18/h2-4,7-9H,5-6H2,1H3,(H,17,18). The van der Waals surface area contributed by atoms with Gasteiger partial charge in [0.05, 0.1) is 13.7 Å². The Morgan fingerprint density at radius 1 is 1.25 bits per heavy atom. The molecule has 1 N–H and O–H groups in total. The Hall–Kier alpha value is -2.49. The highest BCUT2D eigenvalue weighted by molar-refractivity contribution is 5.93. The highest BCUT2D eigenvalue weighted by Gasteiger charge is 2.22. The van der Waals surface area contributed by atoms with Crippen molar-refractivity contribution < 1.29 is 19.4 Å². The molecule has 1 aliphatic heterocycles. The van der Waals surface area contributed by atoms with Crippen LogP contribution in [-0.2, 0) is 6.42 Å². The van der Waals surface area contributed by atoms with Crippen molar-refractivity contribution in [3.05, 3.63) is 47.5 Å². The molecule has 0 amide bonds. The number of hydrogen-bond donors (Lipinski definition) is 1. The fourth-order valence-corrected chi connectivity index (χ4v) is 2.44. The fraction of sp³-hybridized carbons (Fsp3) is 0.188. The molecule has 2 aromatic rings. The predicted octanol–water partition coefficient (Wildman–Crippen LogP) is 3.00. The predicted molar refractivity (Wildman–Crippen MR) is 74.6 cm³/mol. The van der Waals surface area contributed by atoms with E-state index in [1.165, 1.54) is 0 Å². The summed E-state index contributed by atoms with van der Waals surface area (Å²) in [6, 6.07) is 11.2. The Bertz CT molecular complexity index is 676. The lowest BCUT2D eigenvalue weighted by molar-refractivity contribution is 0.0693. The van der Waals surface area contributed by atoms with Crippen LogP contribution >= 0.6 is 0 Å². The van der Waals surface area contributed by atoms with Crippen LogP contribution in [0.4, 0.5) is 0 Å². The number of aromatic carboxylic acids is 1. The molecule has 0 aromatic heterocycles. The second-order valence-corrected chi connectivity index (χ2v) is 4.65. The molecule has 3 rings (SSSR count). The molecule has 1 heterocycles. The summed E-state index contributed by atoms with van der Waals surface area (Å²) in [6.07, 6.45) is 0.743. The topological polar surface area (TPSA) is 55.8 Å². The third kappa shape index (κ3) is 2.09. The maximum Gasteiger partial charge on any atom is 0.339 e. The summed E-state index contributed by atoms with van der Waals surface area (Å²) in [5.41, 5.74) is 2.97. The van der Waals surface area contributed by atoms with Gasteiger partial charge in [-0.2, -0.15) is 0 Å². The van der Waals surface area contributed by atoms with Gasteiger partial charge in [-0.25, -0.2) is 4.79 Å². The lowest BCUT2D eigenvalue weighted by Crippen LogP contribution is -2.00. The van der Waals surface area contributed by atoms with Gasteiger partial charge in [-0.3, -0.25) is 0 Å². The molecular weight excluding hydrogens is 256 g/mol. The molecule has 0 radical (unpaired) electrons. The van der Waals surface area contributed by atoms with Crippen LogP contribution in [0.15, 0.2) is 36.4 Å². The second-order valence-electron chi connectivity index (χ2n) is 4.65. The highest BCUT2D eigenvalue weighted by atomic mass is 16.5. The molecule has 1 aliphatic rings. The molecule has 0 atom stereocenters. The summed E-state index contributed by atoms with van der Waals surface area (Å²) in [7, 11) is 1.61. The van der Waals surface area contributed by atoms with E-state index in [-0.39, 0.29) is 5.56 Å². The van der Waals surface area contributed by atoms with Crippen LogP contribution in [0.5, 0.6) is 11.5 Å². The lowest BCUT2D eigenvalue weighted by Gasteiger charge is -2.09. The van der Waals surface area contributed by atoms with Crippen molar-refractivity contribution in [1.29, 1.82) is 0 Å². The number of fused-ring (bicyclic) bond motifs is 1. The molecule has 0 spiro atoms. The first-order valence-corrected chi connectivity index (χ1v) is 6.36. The van der Waals surface area contributed by atoms with E-state index < -0.39 is 5.97 Å². The van der Waals surface area contributed by atoms with Crippen LogP contribution in [0, 0.1) is 0 Å². The third-order valence-corrected chi connectivity index (χ3v) is 3.42. The Kier molecular flexibility index (Phi) is 3.06. The van der Waals surface area contributed by atoms with Crippen LogP contribution in [0.3, 0.4) is 0 Å². The maximum absolute atomic E-state index is 11.4. The van der Waals surface area contributed by atoms with Crippen molar-refractivity contribution in [3.63, 3.8) is 0 Å². The van der Waals surface area contributed by atoms with Crippen molar-refractivity contribution in [2.75, 3.05) is 13.7 Å². The highest BCUT2D eigenvalue weighted by Crippen LogP contribution is 2.35. The normalized spacial score (nSPS) is 12.7. The van der Waals surface area contributed by atoms with E-state index >= 15 is 0 Å². The molecule has 0 saturated heterocycles. The fourth-order valence-electron chi connectivity index (χ4n) is 2.44. The molecule has 0 saturated carbocycles. The van der Waals surface area contributed by atoms with Gasteiger partial charge in [0.25, 0.3) is 0 Å². The van der Waals surface area contributed by atoms with Crippen molar-refractivity contribution in [2.24, 2.45) is 0 Å². The summed E-state index contributed by atoms with van der Waals surface area (Å²) in [5, 5.41) is 9.32. The SMILES string of the molecule is COc1cccc(-c2cc3c(c(C(=O)O)c2)OCC3)c1. The smallest absolute Gasteiger partial charge is 0.339 e. The van der Waals surface area contributed by atoms with Gasteiger partial charge < -0.3 is 14.6 Å². The molecule has 0 bridgehead atoms. The van der Waals surface area contributed by atoms with Gasteiger partial charge in [0, 0.05) is 6.42 Å². The van der Waals surface area contributed by atoms with E-state index in [0.717, 1.165) is 28.9 Å². The number of methoxy groups -OCH3 is 1. The van der Waals surface area contributed by atoms with Crippen molar-refractivity contribution >= 4 is 5.97 Å². The molecule has 4 heteroatoms. The Morgan fingerprint density at radius 3 is 2.85 bits per heavy atom. The zero-order valence-electron chi connectivity index (χ0n) is 11.1. The Morgan fingerprint density at radius 2 is 2.10 bits per heavy atom. The van der Waals surface area contributed by atoms with Gasteiger partial charge in [-0.15, -0.1) is 0 Å². The number of rotatable bonds is 3. The molecule has 0 fully saturated rings. The van der Waals surface area contributed by atoms with E-state index in [2.05, 4.69) is 0 Å². The first-order valence-electron chi connectivity index (χ1n) is 6.36. The van der Waals surface area contributed by atoms with Crippen molar-refractivity contribution in [3.8, 4) is 22.6 Å². The van der Waals surface area contributed by atoms with E-state index in [4.69, 9.17) is 9.47 Å². The van der Waals surface area contributed by atoms with Crippen LogP contribution in [0.25, 0.3) is 11.1 Å². The minimum absolute atomic E-state index is 0.220. The number of carboxylic acid groups (broad SMARTS) is 1.